The molecule has 0 N–H and O–H groups in total. The first-order valence-electron chi connectivity index (χ1n) is 12.6. The summed E-state index contributed by atoms with van der Waals surface area (Å²) in [6, 6.07) is 16.7. The quantitative estimate of drug-likeness (QED) is 0.285. The third-order valence-corrected chi connectivity index (χ3v) is 5.67. The van der Waals surface area contributed by atoms with Crippen molar-refractivity contribution in [1.29, 1.82) is 0 Å². The van der Waals surface area contributed by atoms with Crippen LogP contribution in [0.1, 0.15) is 62.1 Å². The first-order valence-corrected chi connectivity index (χ1v) is 12.6. The lowest BCUT2D eigenvalue weighted by Crippen LogP contribution is -2.17. The number of esters is 6. The number of hydrogen-bond acceptors (Lipinski definition) is 12. The van der Waals surface area contributed by atoms with Crippen molar-refractivity contribution in [2.45, 2.75) is 0 Å². The van der Waals surface area contributed by atoms with E-state index in [9.17, 15) is 28.8 Å². The topological polar surface area (TPSA) is 158 Å². The van der Waals surface area contributed by atoms with Crippen molar-refractivity contribution in [3.05, 3.63) is 106 Å². The maximum atomic E-state index is 12.4. The highest BCUT2D eigenvalue weighted by molar-refractivity contribution is 5.96. The maximum absolute atomic E-state index is 12.4. The number of ether oxygens (including phenoxy) is 6. The predicted octanol–water partition coefficient (Wildman–Crippen LogP) is 3.04. The van der Waals surface area contributed by atoms with E-state index >= 15 is 0 Å². The van der Waals surface area contributed by atoms with Crippen molar-refractivity contribution in [3.63, 3.8) is 0 Å². The molecule has 12 heteroatoms. The Morgan fingerprint density at radius 1 is 0.310 bits per heavy atom. The Kier molecular flexibility index (Phi) is 9.97. The van der Waals surface area contributed by atoms with E-state index in [1.54, 1.807) is 0 Å². The minimum atomic E-state index is -0.760. The summed E-state index contributed by atoms with van der Waals surface area (Å²) in [5, 5.41) is 0. The molecule has 0 unspecified atom stereocenters. The highest BCUT2D eigenvalue weighted by Crippen LogP contribution is 2.12. The Morgan fingerprint density at radius 2 is 0.524 bits per heavy atom. The molecule has 0 amide bonds. The van der Waals surface area contributed by atoms with Crippen LogP contribution < -0.4 is 0 Å². The Bertz CT molecular complexity index is 1380. The summed E-state index contributed by atoms with van der Waals surface area (Å²) in [4.78, 5) is 74.1. The number of carbonyl (C=O) groups excluding carboxylic acids is 6. The van der Waals surface area contributed by atoms with Crippen LogP contribution in [0.25, 0.3) is 0 Å². The summed E-state index contributed by atoms with van der Waals surface area (Å²) in [7, 11) is 0. The van der Waals surface area contributed by atoms with E-state index in [1.807, 2.05) is 0 Å². The van der Waals surface area contributed by atoms with Gasteiger partial charge in [0.25, 0.3) is 0 Å². The van der Waals surface area contributed by atoms with Crippen LogP contribution >= 0.6 is 0 Å². The summed E-state index contributed by atoms with van der Waals surface area (Å²) >= 11 is 0. The molecular formula is C30H24O12. The van der Waals surface area contributed by atoms with Gasteiger partial charge in [-0.15, -0.1) is 0 Å². The van der Waals surface area contributed by atoms with Gasteiger partial charge >= 0.3 is 35.8 Å². The second-order valence-electron chi connectivity index (χ2n) is 8.55. The van der Waals surface area contributed by atoms with Crippen molar-refractivity contribution >= 4 is 35.8 Å². The van der Waals surface area contributed by atoms with Crippen LogP contribution in [0.3, 0.4) is 0 Å². The van der Waals surface area contributed by atoms with Gasteiger partial charge in [0, 0.05) is 0 Å². The first kappa shape index (κ1) is 29.5. The molecule has 0 radical (unpaired) electrons. The molecule has 216 valence electrons. The summed E-state index contributed by atoms with van der Waals surface area (Å²) in [6.07, 6.45) is 0. The van der Waals surface area contributed by atoms with Crippen molar-refractivity contribution in [3.8, 4) is 0 Å². The van der Waals surface area contributed by atoms with Gasteiger partial charge < -0.3 is 28.4 Å². The standard InChI is InChI=1S/C30H24O12/c31-25-19-7-9-20(10-8-19)26(32)38-12-14-40-28(34)22-4-2-6-24(18-22)30(36)42-16-15-41-29(35)23-5-1-3-21(17-23)27(33)39-13-11-37-25/h1-10,17-18H,11-16H2. The lowest BCUT2D eigenvalue weighted by atomic mass is 10.1. The third kappa shape index (κ3) is 8.01. The highest BCUT2D eigenvalue weighted by atomic mass is 16.6. The van der Waals surface area contributed by atoms with E-state index in [2.05, 4.69) is 0 Å². The minimum absolute atomic E-state index is 0.0638. The van der Waals surface area contributed by atoms with E-state index in [0.29, 0.717) is 0 Å². The molecule has 0 spiro atoms. The van der Waals surface area contributed by atoms with Crippen LogP contribution in [-0.2, 0) is 28.4 Å². The highest BCUT2D eigenvalue weighted by Gasteiger charge is 2.16. The first-order chi connectivity index (χ1) is 20.3. The molecule has 0 fully saturated rings. The Labute approximate surface area is 239 Å². The largest absolute Gasteiger partial charge is 0.458 e. The SMILES string of the molecule is O=C1OCCOC(=O)c2cccc(c2)C(=O)OCCOC(=O)c2cccc(c2)C(=O)OCCOC(=O)c2ccc1cc2. The summed E-state index contributed by atoms with van der Waals surface area (Å²) < 4.78 is 30.6. The molecule has 42 heavy (non-hydrogen) atoms. The van der Waals surface area contributed by atoms with E-state index in [-0.39, 0.29) is 73.0 Å². The van der Waals surface area contributed by atoms with Crippen molar-refractivity contribution < 1.29 is 57.2 Å². The average Bonchev–Trinajstić information content (AvgIpc) is 3.02. The van der Waals surface area contributed by atoms with Crippen molar-refractivity contribution in [1.82, 2.24) is 0 Å². The number of rotatable bonds is 0. The molecule has 0 saturated carbocycles. The molecule has 2 aliphatic heterocycles. The fourth-order valence-corrected chi connectivity index (χ4v) is 3.59. The molecule has 0 aromatic heterocycles. The van der Waals surface area contributed by atoms with Gasteiger partial charge in [0.2, 0.25) is 0 Å². The average molecular weight is 577 g/mol. The summed E-state index contributed by atoms with van der Waals surface area (Å²) in [6.45, 7) is -1.51. The van der Waals surface area contributed by atoms with Gasteiger partial charge in [0.05, 0.1) is 33.4 Å². The Morgan fingerprint density at radius 3 is 0.762 bits per heavy atom. The molecule has 0 saturated heterocycles. The van der Waals surface area contributed by atoms with E-state index in [4.69, 9.17) is 28.4 Å². The van der Waals surface area contributed by atoms with Gasteiger partial charge in [-0.05, 0) is 60.7 Å². The number of fused-ring (bicyclic) bond motifs is 17. The second kappa shape index (κ2) is 14.2. The Balaban J connectivity index is 1.45. The molecule has 3 aromatic rings. The molecule has 2 heterocycles. The van der Waals surface area contributed by atoms with Crippen LogP contribution in [-0.4, -0.2) is 75.5 Å². The fourth-order valence-electron chi connectivity index (χ4n) is 3.59. The van der Waals surface area contributed by atoms with Gasteiger partial charge in [-0.25, -0.2) is 28.8 Å². The molecule has 6 bridgehead atoms. The lowest BCUT2D eigenvalue weighted by Gasteiger charge is -2.10. The van der Waals surface area contributed by atoms with Gasteiger partial charge in [0.15, 0.2) is 0 Å². The van der Waals surface area contributed by atoms with Gasteiger partial charge in [0.1, 0.15) is 39.6 Å². The number of benzene rings is 3. The molecular weight excluding hydrogens is 552 g/mol. The minimum Gasteiger partial charge on any atom is -0.458 e. The zero-order valence-electron chi connectivity index (χ0n) is 22.1. The summed E-state index contributed by atoms with van der Waals surface area (Å²) in [5.74, 6) is -4.43. The molecule has 0 aliphatic carbocycles. The maximum Gasteiger partial charge on any atom is 0.338 e. The lowest BCUT2D eigenvalue weighted by molar-refractivity contribution is 0.0256. The molecule has 12 nitrogen and oxygen atoms in total. The van der Waals surface area contributed by atoms with E-state index < -0.39 is 35.8 Å². The number of hydrogen-bond donors (Lipinski definition) is 0. The zero-order valence-corrected chi connectivity index (χ0v) is 22.1. The van der Waals surface area contributed by atoms with Crippen molar-refractivity contribution in [2.75, 3.05) is 39.6 Å². The predicted molar refractivity (Wildman–Crippen MR) is 141 cm³/mol. The molecule has 2 aliphatic rings. The molecule has 3 aromatic carbocycles. The van der Waals surface area contributed by atoms with Crippen molar-refractivity contribution in [2.24, 2.45) is 0 Å². The monoisotopic (exact) mass is 576 g/mol. The number of carbonyl (C=O) groups is 6. The van der Waals surface area contributed by atoms with Gasteiger partial charge in [-0.2, -0.15) is 0 Å². The second-order valence-corrected chi connectivity index (χ2v) is 8.55. The zero-order chi connectivity index (χ0) is 29.9. The fraction of sp³-hybridized carbons (Fsp3) is 0.200. The van der Waals surface area contributed by atoms with E-state index in [0.717, 1.165) is 0 Å². The molecule has 0 atom stereocenters. The normalized spacial score (nSPS) is 16.0. The van der Waals surface area contributed by atoms with Gasteiger partial charge in [-0.1, -0.05) is 12.1 Å². The summed E-state index contributed by atoms with van der Waals surface area (Å²) in [5.41, 5.74) is 0.560. The van der Waals surface area contributed by atoms with Gasteiger partial charge in [-0.3, -0.25) is 0 Å². The van der Waals surface area contributed by atoms with Crippen LogP contribution in [0.2, 0.25) is 0 Å². The molecule has 5 rings (SSSR count). The van der Waals surface area contributed by atoms with Crippen LogP contribution in [0.4, 0.5) is 0 Å². The van der Waals surface area contributed by atoms with Crippen LogP contribution in [0.5, 0.6) is 0 Å². The Hall–Kier alpha value is -5.52. The smallest absolute Gasteiger partial charge is 0.338 e. The van der Waals surface area contributed by atoms with Crippen LogP contribution in [0, 0.1) is 0 Å². The van der Waals surface area contributed by atoms with Crippen LogP contribution in [0.15, 0.2) is 72.8 Å². The van der Waals surface area contributed by atoms with E-state index in [1.165, 1.54) is 72.8 Å². The third-order valence-electron chi connectivity index (χ3n) is 5.67.